The van der Waals surface area contributed by atoms with Crippen LogP contribution < -0.4 is 9.80 Å². The fourth-order valence-electron chi connectivity index (χ4n) is 5.01. The van der Waals surface area contributed by atoms with Crippen molar-refractivity contribution in [2.75, 3.05) is 9.80 Å². The average Bonchev–Trinajstić information content (AvgIpc) is 3.02. The normalized spacial score (nSPS) is 11.5. The van der Waals surface area contributed by atoms with Crippen molar-refractivity contribution in [2.45, 2.75) is 52.7 Å². The maximum Gasteiger partial charge on any atom is 0.338 e. The highest BCUT2D eigenvalue weighted by Crippen LogP contribution is 2.41. The fourth-order valence-corrected chi connectivity index (χ4v) is 5.54. The number of carbonyl (C=O) groups is 2. The minimum absolute atomic E-state index is 0.367. The molecule has 0 radical (unpaired) electrons. The van der Waals surface area contributed by atoms with E-state index in [-0.39, 0.29) is 11.9 Å². The van der Waals surface area contributed by atoms with Gasteiger partial charge in [-0.3, -0.25) is 0 Å². The number of anilines is 6. The zero-order valence-electron chi connectivity index (χ0n) is 27.8. The minimum atomic E-state index is -0.587. The van der Waals surface area contributed by atoms with Gasteiger partial charge in [0.25, 0.3) is 0 Å². The summed E-state index contributed by atoms with van der Waals surface area (Å²) in [5.41, 5.74) is 5.24. The Labute approximate surface area is 299 Å². The lowest BCUT2D eigenvalue weighted by Crippen LogP contribution is -2.23. The largest absolute Gasteiger partial charge is 0.456 e. The molecule has 0 aliphatic heterocycles. The predicted molar refractivity (Wildman–Crippen MR) is 202 cm³/mol. The summed E-state index contributed by atoms with van der Waals surface area (Å²) in [6.07, 6.45) is 0. The van der Waals surface area contributed by atoms with Crippen LogP contribution in [0.3, 0.4) is 0 Å². The lowest BCUT2D eigenvalue weighted by molar-refractivity contribution is 0.00570. The van der Waals surface area contributed by atoms with Gasteiger partial charge in [0, 0.05) is 43.1 Å². The van der Waals surface area contributed by atoms with Gasteiger partial charge in [0.15, 0.2) is 0 Å². The summed E-state index contributed by atoms with van der Waals surface area (Å²) < 4.78 is 13.1. The Bertz CT molecular complexity index is 1740. The van der Waals surface area contributed by atoms with Crippen molar-refractivity contribution in [1.82, 2.24) is 0 Å². The van der Waals surface area contributed by atoms with E-state index >= 15 is 0 Å². The van der Waals surface area contributed by atoms with Crippen LogP contribution in [0.25, 0.3) is 0 Å². The molecule has 5 aromatic rings. The molecule has 0 fully saturated rings. The molecule has 0 saturated heterocycles. The number of ether oxygens (including phenoxy) is 2. The maximum absolute atomic E-state index is 12.8. The van der Waals surface area contributed by atoms with Crippen LogP contribution in [0.15, 0.2) is 130 Å². The standard InChI is InChI=1S/C40H38Br2N2O4/c1-39(2,3)47-37(45)27-10-18-31(19-11-27)43(33-22-14-29(41)15-23-33)35-8-7-9-36(26-35)44(34-24-16-30(42)17-25-34)32-20-12-28(13-21-32)38(46)48-40(4,5)6/h7-26H,1-6H3. The summed E-state index contributed by atoms with van der Waals surface area (Å²) in [7, 11) is 0. The van der Waals surface area contributed by atoms with Crippen molar-refractivity contribution in [3.63, 3.8) is 0 Å². The van der Waals surface area contributed by atoms with Gasteiger partial charge < -0.3 is 19.3 Å². The summed E-state index contributed by atoms with van der Waals surface area (Å²) in [6.45, 7) is 11.1. The first-order valence-electron chi connectivity index (χ1n) is 15.6. The second kappa shape index (κ2) is 14.4. The van der Waals surface area contributed by atoms with Gasteiger partial charge in [-0.2, -0.15) is 0 Å². The van der Waals surface area contributed by atoms with Crippen LogP contribution in [-0.4, -0.2) is 23.1 Å². The van der Waals surface area contributed by atoms with E-state index in [1.807, 2.05) is 120 Å². The van der Waals surface area contributed by atoms with Crippen LogP contribution in [0.2, 0.25) is 0 Å². The summed E-state index contributed by atoms with van der Waals surface area (Å²) in [5.74, 6) is -0.733. The number of esters is 2. The summed E-state index contributed by atoms with van der Waals surface area (Å²) in [6, 6.07) is 39.3. The molecule has 5 aromatic carbocycles. The molecule has 0 heterocycles. The van der Waals surface area contributed by atoms with Crippen LogP contribution in [0.4, 0.5) is 34.1 Å². The lowest BCUT2D eigenvalue weighted by atomic mass is 10.1. The van der Waals surface area contributed by atoms with E-state index in [2.05, 4.69) is 59.9 Å². The monoisotopic (exact) mass is 768 g/mol. The fraction of sp³-hybridized carbons (Fsp3) is 0.200. The van der Waals surface area contributed by atoms with Crippen molar-refractivity contribution in [3.05, 3.63) is 141 Å². The Morgan fingerprint density at radius 2 is 0.750 bits per heavy atom. The predicted octanol–water partition coefficient (Wildman–Crippen LogP) is 12.1. The molecule has 0 N–H and O–H groups in total. The summed E-state index contributed by atoms with van der Waals surface area (Å²) in [5, 5.41) is 0. The zero-order chi connectivity index (χ0) is 34.6. The van der Waals surface area contributed by atoms with Crippen LogP contribution in [0.5, 0.6) is 0 Å². The first-order chi connectivity index (χ1) is 22.7. The highest BCUT2D eigenvalue weighted by Gasteiger charge is 2.22. The second-order valence-electron chi connectivity index (χ2n) is 13.2. The van der Waals surface area contributed by atoms with Crippen molar-refractivity contribution in [1.29, 1.82) is 0 Å². The molecular formula is C40H38Br2N2O4. The molecule has 0 atom stereocenters. The van der Waals surface area contributed by atoms with Crippen LogP contribution in [0.1, 0.15) is 62.3 Å². The SMILES string of the molecule is CC(C)(C)OC(=O)c1ccc(N(c2ccc(Br)cc2)c2cccc(N(c3ccc(Br)cc3)c3ccc(C(=O)OC(C)(C)C)cc3)c2)cc1. The van der Waals surface area contributed by atoms with Gasteiger partial charge in [-0.25, -0.2) is 9.59 Å². The molecule has 0 spiro atoms. The van der Waals surface area contributed by atoms with E-state index < -0.39 is 11.2 Å². The summed E-state index contributed by atoms with van der Waals surface area (Å²) in [4.78, 5) is 29.8. The van der Waals surface area contributed by atoms with Crippen LogP contribution >= 0.6 is 31.9 Å². The molecule has 48 heavy (non-hydrogen) atoms. The van der Waals surface area contributed by atoms with Crippen molar-refractivity contribution >= 4 is 77.9 Å². The molecule has 0 aliphatic rings. The number of halogens is 2. The van der Waals surface area contributed by atoms with Crippen LogP contribution in [-0.2, 0) is 9.47 Å². The molecular weight excluding hydrogens is 732 g/mol. The number of hydrogen-bond acceptors (Lipinski definition) is 6. The molecule has 0 aromatic heterocycles. The molecule has 0 aliphatic carbocycles. The van der Waals surface area contributed by atoms with Crippen LogP contribution in [0, 0.1) is 0 Å². The third-order valence-electron chi connectivity index (χ3n) is 7.04. The van der Waals surface area contributed by atoms with E-state index in [0.717, 1.165) is 43.1 Å². The van der Waals surface area contributed by atoms with E-state index in [4.69, 9.17) is 9.47 Å². The van der Waals surface area contributed by atoms with Gasteiger partial charge in [-0.05, 0) is 157 Å². The Balaban J connectivity index is 1.57. The third kappa shape index (κ3) is 8.94. The molecule has 0 saturated carbocycles. The number of nitrogens with zero attached hydrogens (tertiary/aromatic N) is 2. The highest BCUT2D eigenvalue weighted by molar-refractivity contribution is 9.10. The molecule has 0 amide bonds. The third-order valence-corrected chi connectivity index (χ3v) is 8.09. The Kier molecular flexibility index (Phi) is 10.5. The first kappa shape index (κ1) is 34.9. The Hall–Kier alpha value is -4.40. The molecule has 0 bridgehead atoms. The maximum atomic E-state index is 12.8. The topological polar surface area (TPSA) is 59.1 Å². The molecule has 246 valence electrons. The van der Waals surface area contributed by atoms with E-state index in [1.54, 1.807) is 24.3 Å². The second-order valence-corrected chi connectivity index (χ2v) is 15.1. The minimum Gasteiger partial charge on any atom is -0.456 e. The molecule has 5 rings (SSSR count). The van der Waals surface area contributed by atoms with Gasteiger partial charge >= 0.3 is 11.9 Å². The summed E-state index contributed by atoms with van der Waals surface area (Å²) >= 11 is 7.13. The van der Waals surface area contributed by atoms with Gasteiger partial charge in [0.1, 0.15) is 11.2 Å². The van der Waals surface area contributed by atoms with Gasteiger partial charge in [0.05, 0.1) is 11.1 Å². The Morgan fingerprint density at radius 1 is 0.458 bits per heavy atom. The average molecular weight is 771 g/mol. The van der Waals surface area contributed by atoms with Gasteiger partial charge in [-0.1, -0.05) is 37.9 Å². The number of rotatable bonds is 8. The number of carbonyl (C=O) groups excluding carboxylic acids is 2. The first-order valence-corrected chi connectivity index (χ1v) is 17.1. The van der Waals surface area contributed by atoms with Gasteiger partial charge in [-0.15, -0.1) is 0 Å². The highest BCUT2D eigenvalue weighted by atomic mass is 79.9. The number of hydrogen-bond donors (Lipinski definition) is 0. The van der Waals surface area contributed by atoms with Crippen molar-refractivity contribution < 1.29 is 19.1 Å². The Morgan fingerprint density at radius 3 is 1.04 bits per heavy atom. The molecule has 8 heteroatoms. The lowest BCUT2D eigenvalue weighted by Gasteiger charge is -2.29. The molecule has 6 nitrogen and oxygen atoms in total. The molecule has 0 unspecified atom stereocenters. The van der Waals surface area contributed by atoms with Crippen molar-refractivity contribution in [3.8, 4) is 0 Å². The van der Waals surface area contributed by atoms with E-state index in [1.165, 1.54) is 0 Å². The van der Waals surface area contributed by atoms with E-state index in [9.17, 15) is 9.59 Å². The number of benzene rings is 5. The van der Waals surface area contributed by atoms with E-state index in [0.29, 0.717) is 11.1 Å². The zero-order valence-corrected chi connectivity index (χ0v) is 31.0. The quantitative estimate of drug-likeness (QED) is 0.147. The smallest absolute Gasteiger partial charge is 0.338 e. The van der Waals surface area contributed by atoms with Gasteiger partial charge in [0.2, 0.25) is 0 Å². The van der Waals surface area contributed by atoms with Crippen molar-refractivity contribution in [2.24, 2.45) is 0 Å².